The van der Waals surface area contributed by atoms with E-state index in [-0.39, 0.29) is 0 Å². The Kier molecular flexibility index (Phi) is 4.63. The molecule has 3 rings (SSSR count). The van der Waals surface area contributed by atoms with Crippen LogP contribution in [-0.2, 0) is 6.42 Å². The SMILES string of the molecule is CCNC1c2ccccc2CC1N1CCC(N(C)C)CC1. The largest absolute Gasteiger partial charge is 0.309 e. The van der Waals surface area contributed by atoms with Gasteiger partial charge in [0, 0.05) is 31.2 Å². The maximum Gasteiger partial charge on any atom is 0.0484 e. The molecule has 1 aliphatic heterocycles. The van der Waals surface area contributed by atoms with Gasteiger partial charge in [0.25, 0.3) is 0 Å². The Bertz CT molecular complexity index is 463. The molecule has 1 aromatic carbocycles. The minimum atomic E-state index is 0.516. The van der Waals surface area contributed by atoms with Crippen molar-refractivity contribution < 1.29 is 0 Å². The number of rotatable bonds is 4. The Morgan fingerprint density at radius 2 is 1.90 bits per heavy atom. The van der Waals surface area contributed by atoms with Gasteiger partial charge in [-0.15, -0.1) is 0 Å². The lowest BCUT2D eigenvalue weighted by molar-refractivity contribution is 0.0948. The maximum absolute atomic E-state index is 3.73. The van der Waals surface area contributed by atoms with E-state index in [1.807, 2.05) is 0 Å². The number of nitrogens with one attached hydrogen (secondary N) is 1. The van der Waals surface area contributed by atoms with Gasteiger partial charge in [0.1, 0.15) is 0 Å². The molecule has 116 valence electrons. The minimum absolute atomic E-state index is 0.516. The summed E-state index contributed by atoms with van der Waals surface area (Å²) in [5.74, 6) is 0. The first-order chi connectivity index (χ1) is 10.2. The molecule has 0 amide bonds. The zero-order valence-corrected chi connectivity index (χ0v) is 13.7. The fraction of sp³-hybridized carbons (Fsp3) is 0.667. The third kappa shape index (κ3) is 3.01. The first kappa shape index (κ1) is 15.0. The average Bonchev–Trinajstić information content (AvgIpc) is 2.87. The molecule has 1 N–H and O–H groups in total. The van der Waals surface area contributed by atoms with Crippen LogP contribution >= 0.6 is 0 Å². The summed E-state index contributed by atoms with van der Waals surface area (Å²) < 4.78 is 0. The third-order valence-electron chi connectivity index (χ3n) is 5.33. The van der Waals surface area contributed by atoms with Gasteiger partial charge in [-0.3, -0.25) is 4.90 Å². The van der Waals surface area contributed by atoms with Gasteiger partial charge in [-0.05, 0) is 51.0 Å². The molecule has 1 fully saturated rings. The van der Waals surface area contributed by atoms with E-state index in [0.29, 0.717) is 12.1 Å². The highest BCUT2D eigenvalue weighted by Gasteiger charge is 2.37. The Labute approximate surface area is 129 Å². The Morgan fingerprint density at radius 3 is 2.57 bits per heavy atom. The zero-order valence-electron chi connectivity index (χ0n) is 13.7. The summed E-state index contributed by atoms with van der Waals surface area (Å²) in [5.41, 5.74) is 3.07. The van der Waals surface area contributed by atoms with Gasteiger partial charge < -0.3 is 10.2 Å². The maximum atomic E-state index is 3.73. The molecule has 2 atom stereocenters. The number of likely N-dealkylation sites (N-methyl/N-ethyl adjacent to an activating group) is 1. The molecular weight excluding hydrogens is 258 g/mol. The Morgan fingerprint density at radius 1 is 1.19 bits per heavy atom. The summed E-state index contributed by atoms with van der Waals surface area (Å²) in [7, 11) is 4.43. The van der Waals surface area contributed by atoms with E-state index in [9.17, 15) is 0 Å². The van der Waals surface area contributed by atoms with Crippen LogP contribution in [0, 0.1) is 0 Å². The van der Waals surface area contributed by atoms with Crippen molar-refractivity contribution in [3.8, 4) is 0 Å². The molecule has 0 spiro atoms. The molecule has 0 aromatic heterocycles. The van der Waals surface area contributed by atoms with Crippen molar-refractivity contribution in [3.05, 3.63) is 35.4 Å². The van der Waals surface area contributed by atoms with Gasteiger partial charge in [0.05, 0.1) is 0 Å². The van der Waals surface area contributed by atoms with Crippen molar-refractivity contribution in [2.24, 2.45) is 0 Å². The molecular formula is C18H29N3. The molecule has 1 saturated heterocycles. The summed E-state index contributed by atoms with van der Waals surface area (Å²) in [6.07, 6.45) is 3.82. The monoisotopic (exact) mass is 287 g/mol. The molecule has 21 heavy (non-hydrogen) atoms. The van der Waals surface area contributed by atoms with Gasteiger partial charge in [-0.25, -0.2) is 0 Å². The van der Waals surface area contributed by atoms with Crippen LogP contribution < -0.4 is 5.32 Å². The van der Waals surface area contributed by atoms with E-state index in [1.165, 1.54) is 37.9 Å². The molecule has 0 bridgehead atoms. The van der Waals surface area contributed by atoms with Gasteiger partial charge in [0.2, 0.25) is 0 Å². The van der Waals surface area contributed by atoms with Crippen molar-refractivity contribution in [1.29, 1.82) is 0 Å². The predicted octanol–water partition coefficient (Wildman–Crippen LogP) is 2.29. The lowest BCUT2D eigenvalue weighted by Gasteiger charge is -2.40. The van der Waals surface area contributed by atoms with Crippen molar-refractivity contribution in [3.63, 3.8) is 0 Å². The molecule has 3 heteroatoms. The molecule has 0 radical (unpaired) electrons. The van der Waals surface area contributed by atoms with Crippen LogP contribution in [0.3, 0.4) is 0 Å². The van der Waals surface area contributed by atoms with Gasteiger partial charge >= 0.3 is 0 Å². The van der Waals surface area contributed by atoms with Crippen LogP contribution in [-0.4, -0.2) is 55.6 Å². The van der Waals surface area contributed by atoms with E-state index in [2.05, 4.69) is 60.4 Å². The van der Waals surface area contributed by atoms with E-state index in [4.69, 9.17) is 0 Å². The fourth-order valence-corrected chi connectivity index (χ4v) is 4.11. The van der Waals surface area contributed by atoms with Crippen LogP contribution in [0.15, 0.2) is 24.3 Å². The van der Waals surface area contributed by atoms with Gasteiger partial charge in [-0.1, -0.05) is 31.2 Å². The highest BCUT2D eigenvalue weighted by Crippen LogP contribution is 2.35. The van der Waals surface area contributed by atoms with E-state index in [0.717, 1.165) is 12.6 Å². The quantitative estimate of drug-likeness (QED) is 0.916. The average molecular weight is 287 g/mol. The first-order valence-corrected chi connectivity index (χ1v) is 8.42. The number of piperidine rings is 1. The molecule has 1 aromatic rings. The molecule has 2 aliphatic rings. The van der Waals surface area contributed by atoms with Crippen LogP contribution in [0.5, 0.6) is 0 Å². The second-order valence-electron chi connectivity index (χ2n) is 6.74. The van der Waals surface area contributed by atoms with E-state index < -0.39 is 0 Å². The normalized spacial score (nSPS) is 27.2. The number of fused-ring (bicyclic) bond motifs is 1. The Hall–Kier alpha value is -0.900. The van der Waals surface area contributed by atoms with Crippen LogP contribution in [0.25, 0.3) is 0 Å². The molecule has 1 aliphatic carbocycles. The minimum Gasteiger partial charge on any atom is -0.309 e. The summed E-state index contributed by atoms with van der Waals surface area (Å²) in [5, 5.41) is 3.73. The lowest BCUT2D eigenvalue weighted by atomic mass is 9.99. The highest BCUT2D eigenvalue weighted by molar-refractivity contribution is 5.37. The van der Waals surface area contributed by atoms with Crippen LogP contribution in [0.2, 0.25) is 0 Å². The van der Waals surface area contributed by atoms with Crippen molar-refractivity contribution in [2.45, 2.75) is 44.3 Å². The number of hydrogen-bond donors (Lipinski definition) is 1. The number of hydrogen-bond acceptors (Lipinski definition) is 3. The smallest absolute Gasteiger partial charge is 0.0484 e. The topological polar surface area (TPSA) is 18.5 Å². The standard InChI is InChI=1S/C18H29N3/c1-4-19-18-16-8-6-5-7-14(16)13-17(18)21-11-9-15(10-12-21)20(2)3/h5-8,15,17-19H,4,9-13H2,1-3H3. The molecule has 1 heterocycles. The summed E-state index contributed by atoms with van der Waals surface area (Å²) >= 11 is 0. The number of nitrogens with zero attached hydrogens (tertiary/aromatic N) is 2. The fourth-order valence-electron chi connectivity index (χ4n) is 4.11. The number of likely N-dealkylation sites (tertiary alicyclic amines) is 1. The molecule has 3 nitrogen and oxygen atoms in total. The molecule has 0 saturated carbocycles. The summed E-state index contributed by atoms with van der Waals surface area (Å²) in [6.45, 7) is 5.74. The summed E-state index contributed by atoms with van der Waals surface area (Å²) in [6, 6.07) is 10.9. The van der Waals surface area contributed by atoms with Crippen molar-refractivity contribution in [1.82, 2.24) is 15.1 Å². The molecule has 2 unspecified atom stereocenters. The van der Waals surface area contributed by atoms with Gasteiger partial charge in [0.15, 0.2) is 0 Å². The third-order valence-corrected chi connectivity index (χ3v) is 5.33. The highest BCUT2D eigenvalue weighted by atomic mass is 15.2. The van der Waals surface area contributed by atoms with E-state index >= 15 is 0 Å². The van der Waals surface area contributed by atoms with E-state index in [1.54, 1.807) is 5.56 Å². The van der Waals surface area contributed by atoms with Gasteiger partial charge in [-0.2, -0.15) is 0 Å². The number of benzene rings is 1. The second kappa shape index (κ2) is 6.47. The van der Waals surface area contributed by atoms with Crippen molar-refractivity contribution in [2.75, 3.05) is 33.7 Å². The Balaban J connectivity index is 1.71. The predicted molar refractivity (Wildman–Crippen MR) is 88.6 cm³/mol. The van der Waals surface area contributed by atoms with Crippen LogP contribution in [0.4, 0.5) is 0 Å². The first-order valence-electron chi connectivity index (χ1n) is 8.42. The summed E-state index contributed by atoms with van der Waals surface area (Å²) in [4.78, 5) is 5.12. The van der Waals surface area contributed by atoms with Crippen LogP contribution in [0.1, 0.15) is 36.9 Å². The lowest BCUT2D eigenvalue weighted by Crippen LogP contribution is -2.49. The zero-order chi connectivity index (χ0) is 14.8. The van der Waals surface area contributed by atoms with Crippen molar-refractivity contribution >= 4 is 0 Å². The second-order valence-corrected chi connectivity index (χ2v) is 6.74.